The van der Waals surface area contributed by atoms with E-state index < -0.39 is 4.92 Å². The number of carbonyl (C=O) groups excluding carboxylic acids is 1. The summed E-state index contributed by atoms with van der Waals surface area (Å²) in [6, 6.07) is 11.9. The molecule has 0 aromatic heterocycles. The number of nitrogens with one attached hydrogen (secondary N) is 1. The van der Waals surface area contributed by atoms with Crippen LogP contribution in [-0.4, -0.2) is 48.0 Å². The molecule has 1 amide bonds. The van der Waals surface area contributed by atoms with Gasteiger partial charge >= 0.3 is 0 Å². The van der Waals surface area contributed by atoms with E-state index in [0.717, 1.165) is 18.8 Å². The summed E-state index contributed by atoms with van der Waals surface area (Å²) in [6.07, 6.45) is 0. The van der Waals surface area contributed by atoms with Crippen molar-refractivity contribution in [2.24, 2.45) is 0 Å². The third-order valence-electron chi connectivity index (χ3n) is 4.76. The Hall–Kier alpha value is -3.00. The fraction of sp³-hybridized carbons (Fsp3) is 0.316. The van der Waals surface area contributed by atoms with Crippen LogP contribution in [0.2, 0.25) is 0 Å². The molecule has 1 heterocycles. The van der Waals surface area contributed by atoms with Crippen molar-refractivity contribution in [2.45, 2.75) is 13.0 Å². The molecule has 7 nitrogen and oxygen atoms in total. The SMILES string of the molecule is CC(C(=O)Nc1cccc([N+](=O)[O-])c1)N1CCN(c2ccc(F)cc2)CC1. The van der Waals surface area contributed by atoms with E-state index >= 15 is 0 Å². The van der Waals surface area contributed by atoms with Gasteiger partial charge in [0.25, 0.3) is 5.69 Å². The number of non-ortho nitro benzene ring substituents is 1. The average molecular weight is 372 g/mol. The molecule has 1 saturated heterocycles. The first-order valence-corrected chi connectivity index (χ1v) is 8.74. The first-order valence-electron chi connectivity index (χ1n) is 8.74. The van der Waals surface area contributed by atoms with E-state index in [1.165, 1.54) is 24.3 Å². The quantitative estimate of drug-likeness (QED) is 0.645. The lowest BCUT2D eigenvalue weighted by Gasteiger charge is -2.38. The average Bonchev–Trinajstić information content (AvgIpc) is 2.68. The standard InChI is InChI=1S/C19H21FN4O3/c1-14(19(25)21-16-3-2-4-18(13-16)24(26)27)22-9-11-23(12-10-22)17-7-5-15(20)6-8-17/h2-8,13-14H,9-12H2,1H3,(H,21,25). The van der Waals surface area contributed by atoms with E-state index in [9.17, 15) is 19.3 Å². The Kier molecular flexibility index (Phi) is 5.66. The van der Waals surface area contributed by atoms with Gasteiger partial charge in [0.1, 0.15) is 5.82 Å². The van der Waals surface area contributed by atoms with E-state index in [1.54, 1.807) is 24.3 Å². The summed E-state index contributed by atoms with van der Waals surface area (Å²) in [5.74, 6) is -0.463. The van der Waals surface area contributed by atoms with Crippen LogP contribution >= 0.6 is 0 Å². The lowest BCUT2D eigenvalue weighted by molar-refractivity contribution is -0.384. The van der Waals surface area contributed by atoms with Gasteiger partial charge in [-0.2, -0.15) is 0 Å². The van der Waals surface area contributed by atoms with E-state index in [0.29, 0.717) is 18.8 Å². The summed E-state index contributed by atoms with van der Waals surface area (Å²) in [6.45, 7) is 4.68. The van der Waals surface area contributed by atoms with Crippen molar-refractivity contribution in [1.82, 2.24) is 4.90 Å². The van der Waals surface area contributed by atoms with Crippen LogP contribution in [0.5, 0.6) is 0 Å². The molecule has 142 valence electrons. The van der Waals surface area contributed by atoms with E-state index in [1.807, 2.05) is 6.92 Å². The van der Waals surface area contributed by atoms with Crippen molar-refractivity contribution in [2.75, 3.05) is 36.4 Å². The third kappa shape index (κ3) is 4.59. The Labute approximate surface area is 156 Å². The topological polar surface area (TPSA) is 78.7 Å². The van der Waals surface area contributed by atoms with Crippen LogP contribution in [0.25, 0.3) is 0 Å². The van der Waals surface area contributed by atoms with Gasteiger partial charge in [0.05, 0.1) is 11.0 Å². The van der Waals surface area contributed by atoms with Crippen molar-refractivity contribution in [3.63, 3.8) is 0 Å². The molecule has 0 saturated carbocycles. The first-order chi connectivity index (χ1) is 12.9. The number of amides is 1. The summed E-state index contributed by atoms with van der Waals surface area (Å²) in [7, 11) is 0. The number of hydrogen-bond donors (Lipinski definition) is 1. The highest BCUT2D eigenvalue weighted by molar-refractivity contribution is 5.94. The first kappa shape index (κ1) is 18.8. The number of halogens is 1. The van der Waals surface area contributed by atoms with Gasteiger partial charge in [-0.05, 0) is 37.3 Å². The molecule has 0 aliphatic carbocycles. The Morgan fingerprint density at radius 3 is 2.44 bits per heavy atom. The molecule has 1 aliphatic heterocycles. The zero-order valence-corrected chi connectivity index (χ0v) is 15.0. The molecule has 0 radical (unpaired) electrons. The van der Waals surface area contributed by atoms with Crippen LogP contribution in [0.4, 0.5) is 21.5 Å². The number of nitro groups is 1. The minimum Gasteiger partial charge on any atom is -0.369 e. The predicted octanol–water partition coefficient (Wildman–Crippen LogP) is 2.88. The van der Waals surface area contributed by atoms with E-state index in [4.69, 9.17) is 0 Å². The molecule has 0 spiro atoms. The molecule has 2 aromatic rings. The summed E-state index contributed by atoms with van der Waals surface area (Å²) < 4.78 is 13.1. The summed E-state index contributed by atoms with van der Waals surface area (Å²) in [4.78, 5) is 27.1. The van der Waals surface area contributed by atoms with Gasteiger partial charge in [-0.15, -0.1) is 0 Å². The zero-order chi connectivity index (χ0) is 19.4. The minimum atomic E-state index is -0.492. The molecule has 1 fully saturated rings. The lowest BCUT2D eigenvalue weighted by Crippen LogP contribution is -2.52. The Bertz CT molecular complexity index is 820. The maximum Gasteiger partial charge on any atom is 0.271 e. The third-order valence-corrected chi connectivity index (χ3v) is 4.76. The monoisotopic (exact) mass is 372 g/mol. The number of rotatable bonds is 5. The van der Waals surface area contributed by atoms with E-state index in [-0.39, 0.29) is 23.5 Å². The lowest BCUT2D eigenvalue weighted by atomic mass is 10.2. The Morgan fingerprint density at radius 2 is 1.81 bits per heavy atom. The molecule has 8 heteroatoms. The smallest absolute Gasteiger partial charge is 0.271 e. The molecule has 1 unspecified atom stereocenters. The summed E-state index contributed by atoms with van der Waals surface area (Å²) >= 11 is 0. The number of carbonyl (C=O) groups is 1. The number of benzene rings is 2. The highest BCUT2D eigenvalue weighted by Crippen LogP contribution is 2.20. The normalized spacial score (nSPS) is 16.0. The van der Waals surface area contributed by atoms with Gasteiger partial charge in [0, 0.05) is 49.7 Å². The van der Waals surface area contributed by atoms with Gasteiger partial charge < -0.3 is 10.2 Å². The molecule has 27 heavy (non-hydrogen) atoms. The highest BCUT2D eigenvalue weighted by Gasteiger charge is 2.26. The van der Waals surface area contributed by atoms with Crippen LogP contribution in [0.3, 0.4) is 0 Å². The Morgan fingerprint density at radius 1 is 1.15 bits per heavy atom. The minimum absolute atomic E-state index is 0.0617. The van der Waals surface area contributed by atoms with Gasteiger partial charge in [-0.1, -0.05) is 6.07 Å². The molecular formula is C19H21FN4O3. The number of hydrogen-bond acceptors (Lipinski definition) is 5. The van der Waals surface area contributed by atoms with Crippen molar-refractivity contribution in [3.05, 3.63) is 64.5 Å². The van der Waals surface area contributed by atoms with Crippen molar-refractivity contribution >= 4 is 23.0 Å². The second kappa shape index (κ2) is 8.13. The number of piperazine rings is 1. The zero-order valence-electron chi connectivity index (χ0n) is 15.0. The van der Waals surface area contributed by atoms with Gasteiger partial charge in [0.15, 0.2) is 0 Å². The van der Waals surface area contributed by atoms with Gasteiger partial charge in [-0.25, -0.2) is 4.39 Å². The van der Waals surface area contributed by atoms with E-state index in [2.05, 4.69) is 15.1 Å². The van der Waals surface area contributed by atoms with Crippen LogP contribution < -0.4 is 10.2 Å². The van der Waals surface area contributed by atoms with Crippen LogP contribution in [0.15, 0.2) is 48.5 Å². The summed E-state index contributed by atoms with van der Waals surface area (Å²) in [5.41, 5.74) is 1.31. The fourth-order valence-electron chi connectivity index (χ4n) is 3.13. The number of nitrogens with zero attached hydrogens (tertiary/aromatic N) is 3. The number of nitro benzene ring substituents is 1. The predicted molar refractivity (Wildman–Crippen MR) is 101 cm³/mol. The molecule has 1 atom stereocenters. The van der Waals surface area contributed by atoms with Crippen LogP contribution in [-0.2, 0) is 4.79 Å². The number of anilines is 2. The van der Waals surface area contributed by atoms with Crippen molar-refractivity contribution < 1.29 is 14.1 Å². The van der Waals surface area contributed by atoms with Crippen LogP contribution in [0.1, 0.15) is 6.92 Å². The molecule has 1 aliphatic rings. The molecular weight excluding hydrogens is 351 g/mol. The molecule has 2 aromatic carbocycles. The Balaban J connectivity index is 1.56. The fourth-order valence-corrected chi connectivity index (χ4v) is 3.13. The maximum atomic E-state index is 13.1. The van der Waals surface area contributed by atoms with Crippen LogP contribution in [0, 0.1) is 15.9 Å². The van der Waals surface area contributed by atoms with Gasteiger partial charge in [0.2, 0.25) is 5.91 Å². The van der Waals surface area contributed by atoms with Crippen molar-refractivity contribution in [3.8, 4) is 0 Å². The van der Waals surface area contributed by atoms with Gasteiger partial charge in [-0.3, -0.25) is 19.8 Å². The largest absolute Gasteiger partial charge is 0.369 e. The second-order valence-corrected chi connectivity index (χ2v) is 6.47. The highest BCUT2D eigenvalue weighted by atomic mass is 19.1. The molecule has 1 N–H and O–H groups in total. The van der Waals surface area contributed by atoms with Crippen molar-refractivity contribution in [1.29, 1.82) is 0 Å². The maximum absolute atomic E-state index is 13.1. The second-order valence-electron chi connectivity index (χ2n) is 6.47. The molecule has 0 bridgehead atoms. The summed E-state index contributed by atoms with van der Waals surface area (Å²) in [5, 5.41) is 13.6. The molecule has 3 rings (SSSR count).